The van der Waals surface area contributed by atoms with E-state index in [2.05, 4.69) is 4.99 Å². The lowest BCUT2D eigenvalue weighted by Gasteiger charge is -2.18. The predicted octanol–water partition coefficient (Wildman–Crippen LogP) is 5.23. The largest absolute Gasteiger partial charge is 0.425 e. The van der Waals surface area contributed by atoms with Crippen LogP contribution in [0, 0.1) is 0 Å². The molecule has 1 aliphatic rings. The van der Waals surface area contributed by atoms with Crippen molar-refractivity contribution < 1.29 is 9.53 Å². The number of thioether (sulfide) groups is 1. The van der Waals surface area contributed by atoms with Crippen molar-refractivity contribution in [3.8, 4) is 5.75 Å². The van der Waals surface area contributed by atoms with E-state index in [0.717, 1.165) is 10.5 Å². The van der Waals surface area contributed by atoms with Gasteiger partial charge >= 0.3 is 6.02 Å². The van der Waals surface area contributed by atoms with Gasteiger partial charge in [0.25, 0.3) is 5.91 Å². The molecule has 1 heterocycles. The van der Waals surface area contributed by atoms with Crippen LogP contribution in [0.1, 0.15) is 5.56 Å². The highest BCUT2D eigenvalue weighted by atomic mass is 32.2. The summed E-state index contributed by atoms with van der Waals surface area (Å²) in [5, 5.41) is 0. The number of para-hydroxylation sites is 1. The fourth-order valence-electron chi connectivity index (χ4n) is 2.83. The first kappa shape index (κ1) is 18.1. The van der Waals surface area contributed by atoms with Gasteiger partial charge in [0, 0.05) is 4.90 Å². The molecular weight excluding hydrogens is 368 g/mol. The molecule has 0 saturated heterocycles. The summed E-state index contributed by atoms with van der Waals surface area (Å²) in [6.07, 6.45) is 3.79. The molecular formula is C23H18N2O2S. The Hall–Kier alpha value is -3.31. The van der Waals surface area contributed by atoms with Crippen LogP contribution in [-0.4, -0.2) is 18.2 Å². The highest BCUT2D eigenvalue weighted by Crippen LogP contribution is 2.27. The third-order valence-corrected chi connectivity index (χ3v) is 4.96. The molecule has 0 N–H and O–H groups in total. The van der Waals surface area contributed by atoms with Gasteiger partial charge in [-0.05, 0) is 54.3 Å². The molecule has 0 atom stereocenters. The molecule has 0 radical (unpaired) electrons. The number of ether oxygens (including phenoxy) is 1. The number of rotatable bonds is 4. The second kappa shape index (κ2) is 8.15. The lowest BCUT2D eigenvalue weighted by Crippen LogP contribution is -2.35. The van der Waals surface area contributed by atoms with E-state index in [1.165, 1.54) is 4.90 Å². The van der Waals surface area contributed by atoms with Crippen LogP contribution in [0.4, 0.5) is 5.69 Å². The van der Waals surface area contributed by atoms with E-state index in [0.29, 0.717) is 17.1 Å². The van der Waals surface area contributed by atoms with Gasteiger partial charge in [-0.15, -0.1) is 11.8 Å². The first-order valence-corrected chi connectivity index (χ1v) is 10.0. The maximum Gasteiger partial charge on any atom is 0.310 e. The molecule has 1 amide bonds. The Kier molecular flexibility index (Phi) is 5.26. The van der Waals surface area contributed by atoms with Crippen molar-refractivity contribution in [1.82, 2.24) is 0 Å². The Morgan fingerprint density at radius 3 is 2.18 bits per heavy atom. The van der Waals surface area contributed by atoms with Crippen molar-refractivity contribution in [1.29, 1.82) is 0 Å². The summed E-state index contributed by atoms with van der Waals surface area (Å²) in [7, 11) is 0. The number of anilines is 1. The third kappa shape index (κ3) is 3.85. The summed E-state index contributed by atoms with van der Waals surface area (Å²) >= 11 is 1.66. The second-order valence-electron chi connectivity index (χ2n) is 6.09. The van der Waals surface area contributed by atoms with Crippen LogP contribution in [0.25, 0.3) is 6.08 Å². The molecule has 5 heteroatoms. The van der Waals surface area contributed by atoms with Gasteiger partial charge < -0.3 is 4.74 Å². The van der Waals surface area contributed by atoms with Gasteiger partial charge in [-0.25, -0.2) is 4.90 Å². The van der Waals surface area contributed by atoms with E-state index in [4.69, 9.17) is 4.74 Å². The van der Waals surface area contributed by atoms with E-state index in [9.17, 15) is 4.79 Å². The lowest BCUT2D eigenvalue weighted by molar-refractivity contribution is -0.113. The number of amidine groups is 1. The minimum absolute atomic E-state index is 0.217. The van der Waals surface area contributed by atoms with Gasteiger partial charge in [-0.3, -0.25) is 4.79 Å². The van der Waals surface area contributed by atoms with E-state index in [1.54, 1.807) is 17.8 Å². The Balaban J connectivity index is 1.70. The second-order valence-corrected chi connectivity index (χ2v) is 6.97. The number of aliphatic imine (C=N–C) groups is 1. The van der Waals surface area contributed by atoms with Crippen molar-refractivity contribution >= 4 is 35.5 Å². The summed E-state index contributed by atoms with van der Waals surface area (Å²) in [5.74, 6) is 0.414. The van der Waals surface area contributed by atoms with E-state index in [1.807, 2.05) is 91.2 Å². The van der Waals surface area contributed by atoms with Gasteiger partial charge in [-0.2, -0.15) is 4.99 Å². The lowest BCUT2D eigenvalue weighted by atomic mass is 10.2. The Bertz CT molecular complexity index is 1030. The zero-order chi connectivity index (χ0) is 19.3. The number of benzene rings is 3. The van der Waals surface area contributed by atoms with E-state index < -0.39 is 0 Å². The summed E-state index contributed by atoms with van der Waals surface area (Å²) in [4.78, 5) is 20.2. The molecule has 138 valence electrons. The molecule has 0 unspecified atom stereocenters. The maximum absolute atomic E-state index is 13.1. The van der Waals surface area contributed by atoms with Crippen molar-refractivity contribution in [2.75, 3.05) is 11.2 Å². The normalized spacial score (nSPS) is 15.0. The standard InChI is InChI=1S/C23H18N2O2S/c1-28-20-14-12-19(13-15-20)27-23-24-21(16-17-8-4-2-5-9-17)22(26)25(23)18-10-6-3-7-11-18/h2-16H,1H3/b21-16-. The van der Waals surface area contributed by atoms with Crippen LogP contribution >= 0.6 is 11.8 Å². The first-order chi connectivity index (χ1) is 13.7. The zero-order valence-corrected chi connectivity index (χ0v) is 16.1. The minimum atomic E-state index is -0.217. The topological polar surface area (TPSA) is 41.9 Å². The zero-order valence-electron chi connectivity index (χ0n) is 15.3. The van der Waals surface area contributed by atoms with Crippen LogP contribution in [0.5, 0.6) is 5.75 Å². The van der Waals surface area contributed by atoms with Gasteiger partial charge in [0.1, 0.15) is 11.4 Å². The van der Waals surface area contributed by atoms with E-state index in [-0.39, 0.29) is 11.9 Å². The Morgan fingerprint density at radius 2 is 1.54 bits per heavy atom. The number of hydrogen-bond donors (Lipinski definition) is 0. The average molecular weight is 386 g/mol. The molecule has 3 aromatic rings. The quantitative estimate of drug-likeness (QED) is 0.455. The molecule has 0 bridgehead atoms. The molecule has 4 rings (SSSR count). The highest BCUT2D eigenvalue weighted by Gasteiger charge is 2.33. The van der Waals surface area contributed by atoms with Crippen molar-refractivity contribution in [3.05, 3.63) is 96.2 Å². The number of hydrogen-bond acceptors (Lipinski definition) is 4. The smallest absolute Gasteiger partial charge is 0.310 e. The van der Waals surface area contributed by atoms with Crippen LogP contribution < -0.4 is 9.64 Å². The van der Waals surface area contributed by atoms with Crippen LogP contribution in [0.15, 0.2) is 101 Å². The first-order valence-electron chi connectivity index (χ1n) is 8.81. The van der Waals surface area contributed by atoms with Gasteiger partial charge in [0.05, 0.1) is 5.69 Å². The summed E-state index contributed by atoms with van der Waals surface area (Å²) in [6, 6.07) is 27.0. The fourth-order valence-corrected chi connectivity index (χ4v) is 3.23. The number of nitrogens with zero attached hydrogens (tertiary/aromatic N) is 2. The van der Waals surface area contributed by atoms with Gasteiger partial charge in [0.2, 0.25) is 0 Å². The van der Waals surface area contributed by atoms with Gasteiger partial charge in [-0.1, -0.05) is 48.5 Å². The minimum Gasteiger partial charge on any atom is -0.425 e. The monoisotopic (exact) mass is 386 g/mol. The van der Waals surface area contributed by atoms with Crippen molar-refractivity contribution in [2.45, 2.75) is 4.90 Å². The highest BCUT2D eigenvalue weighted by molar-refractivity contribution is 7.98. The number of carbonyl (C=O) groups excluding carboxylic acids is 1. The Labute approximate surface area is 168 Å². The molecule has 0 spiro atoms. The van der Waals surface area contributed by atoms with Crippen molar-refractivity contribution in [2.24, 2.45) is 4.99 Å². The van der Waals surface area contributed by atoms with Crippen LogP contribution in [0.2, 0.25) is 0 Å². The van der Waals surface area contributed by atoms with Crippen molar-refractivity contribution in [3.63, 3.8) is 0 Å². The van der Waals surface area contributed by atoms with Crippen LogP contribution in [0.3, 0.4) is 0 Å². The SMILES string of the molecule is CSc1ccc(OC2=N/C(=C\c3ccccc3)C(=O)N2c2ccccc2)cc1. The average Bonchev–Trinajstić information content (AvgIpc) is 3.04. The summed E-state index contributed by atoms with van der Waals surface area (Å²) in [6.45, 7) is 0. The molecule has 0 fully saturated rings. The number of amides is 1. The molecule has 1 aliphatic heterocycles. The molecule has 0 aromatic heterocycles. The number of carbonyl (C=O) groups is 1. The molecule has 28 heavy (non-hydrogen) atoms. The summed E-state index contributed by atoms with van der Waals surface area (Å²) < 4.78 is 5.99. The van der Waals surface area contributed by atoms with E-state index >= 15 is 0 Å². The fraction of sp³-hybridized carbons (Fsp3) is 0.0435. The van der Waals surface area contributed by atoms with Crippen LogP contribution in [-0.2, 0) is 4.79 Å². The third-order valence-electron chi connectivity index (χ3n) is 4.22. The molecule has 4 nitrogen and oxygen atoms in total. The maximum atomic E-state index is 13.1. The summed E-state index contributed by atoms with van der Waals surface area (Å²) in [5.41, 5.74) is 1.96. The molecule has 3 aromatic carbocycles. The molecule has 0 saturated carbocycles. The van der Waals surface area contributed by atoms with Gasteiger partial charge in [0.15, 0.2) is 0 Å². The Morgan fingerprint density at radius 1 is 0.893 bits per heavy atom. The predicted molar refractivity (Wildman–Crippen MR) is 115 cm³/mol. The molecule has 0 aliphatic carbocycles.